The maximum atomic E-state index is 12.8. The van der Waals surface area contributed by atoms with Gasteiger partial charge in [-0.1, -0.05) is 18.2 Å². The third-order valence-electron chi connectivity index (χ3n) is 3.82. The van der Waals surface area contributed by atoms with Gasteiger partial charge in [-0.15, -0.1) is 19.8 Å². The fourth-order valence-corrected chi connectivity index (χ4v) is 2.56. The van der Waals surface area contributed by atoms with E-state index in [2.05, 4.69) is 16.6 Å². The molecule has 0 amide bonds. The lowest BCUT2D eigenvalue weighted by molar-refractivity contribution is -0.274. The molecule has 0 fully saturated rings. The van der Waals surface area contributed by atoms with Crippen LogP contribution in [0, 0.1) is 11.3 Å². The van der Waals surface area contributed by atoms with Gasteiger partial charge in [0.2, 0.25) is 0 Å². The summed E-state index contributed by atoms with van der Waals surface area (Å²) in [6.45, 7) is 3.69. The number of nitriles is 1. The van der Waals surface area contributed by atoms with Crippen LogP contribution in [0.4, 0.5) is 13.2 Å². The van der Waals surface area contributed by atoms with Gasteiger partial charge in [-0.2, -0.15) is 5.26 Å². The molecule has 8 heteroatoms. The highest BCUT2D eigenvalue weighted by Crippen LogP contribution is 2.33. The number of hydrogen-bond donors (Lipinski definition) is 2. The first-order valence-electron chi connectivity index (χ1n) is 8.49. The van der Waals surface area contributed by atoms with E-state index >= 15 is 0 Å². The van der Waals surface area contributed by atoms with Crippen LogP contribution < -0.4 is 14.8 Å². The summed E-state index contributed by atoms with van der Waals surface area (Å²) in [5, 5.41) is 21.4. The van der Waals surface area contributed by atoms with E-state index in [9.17, 15) is 23.5 Å². The van der Waals surface area contributed by atoms with E-state index in [1.165, 1.54) is 30.3 Å². The van der Waals surface area contributed by atoms with Crippen LogP contribution in [-0.2, 0) is 6.61 Å². The molecule has 0 aromatic heterocycles. The molecular formula is C21H19F3N2O3. The van der Waals surface area contributed by atoms with Crippen molar-refractivity contribution in [3.8, 4) is 23.3 Å². The average molecular weight is 404 g/mol. The summed E-state index contributed by atoms with van der Waals surface area (Å²) in [6.07, 6.45) is -3.09. The Balaban J connectivity index is 2.44. The van der Waals surface area contributed by atoms with E-state index in [0.717, 1.165) is 6.07 Å². The Morgan fingerprint density at radius 2 is 1.86 bits per heavy atom. The molecule has 152 valence electrons. The summed E-state index contributed by atoms with van der Waals surface area (Å²) < 4.78 is 47.9. The summed E-state index contributed by atoms with van der Waals surface area (Å²) in [5.74, 6) is -0.248. The number of nitrogens with zero attached hydrogens (tertiary/aromatic N) is 1. The first kappa shape index (κ1) is 21.7. The van der Waals surface area contributed by atoms with E-state index in [1.807, 2.05) is 6.07 Å². The normalized spacial score (nSPS) is 11.8. The minimum absolute atomic E-state index is 0.0623. The van der Waals surface area contributed by atoms with E-state index in [4.69, 9.17) is 4.74 Å². The van der Waals surface area contributed by atoms with Crippen LogP contribution in [0.25, 0.3) is 5.57 Å². The molecular weight excluding hydrogens is 385 g/mol. The van der Waals surface area contributed by atoms with Gasteiger partial charge in [-0.3, -0.25) is 0 Å². The molecule has 0 saturated carbocycles. The molecule has 0 aliphatic carbocycles. The largest absolute Gasteiger partial charge is 0.573 e. The van der Waals surface area contributed by atoms with Gasteiger partial charge >= 0.3 is 6.36 Å². The quantitative estimate of drug-likeness (QED) is 0.484. The van der Waals surface area contributed by atoms with E-state index in [0.29, 0.717) is 16.7 Å². The van der Waals surface area contributed by atoms with Crippen molar-refractivity contribution < 1.29 is 27.8 Å². The Bertz CT molecular complexity index is 930. The van der Waals surface area contributed by atoms with Crippen molar-refractivity contribution >= 4 is 5.57 Å². The van der Waals surface area contributed by atoms with Crippen LogP contribution in [0.15, 0.2) is 60.8 Å². The molecule has 0 heterocycles. The molecule has 29 heavy (non-hydrogen) atoms. The third kappa shape index (κ3) is 6.50. The molecule has 0 aliphatic heterocycles. The molecule has 0 unspecified atom stereocenters. The standard InChI is InChI=1S/C21H19F3N2O3/c1-3-4-19(20(12-25)26-2)15-9-17(11-18(10-15)29-21(22,23)24)28-13-14-5-7-16(27)8-6-14/h3,5-11,26-27H,1,4,13H2,2H3/b20-19+. The summed E-state index contributed by atoms with van der Waals surface area (Å²) in [5.41, 5.74) is 1.69. The highest BCUT2D eigenvalue weighted by Gasteiger charge is 2.31. The minimum Gasteiger partial charge on any atom is -0.508 e. The summed E-state index contributed by atoms with van der Waals surface area (Å²) in [4.78, 5) is 0. The highest BCUT2D eigenvalue weighted by atomic mass is 19.4. The van der Waals surface area contributed by atoms with Gasteiger partial charge in [0.1, 0.15) is 35.6 Å². The maximum Gasteiger partial charge on any atom is 0.573 e. The number of aromatic hydroxyl groups is 1. The molecule has 2 aromatic carbocycles. The molecule has 5 nitrogen and oxygen atoms in total. The van der Waals surface area contributed by atoms with Gasteiger partial charge in [0.25, 0.3) is 0 Å². The predicted molar refractivity (Wildman–Crippen MR) is 102 cm³/mol. The zero-order valence-corrected chi connectivity index (χ0v) is 15.6. The lowest BCUT2D eigenvalue weighted by Crippen LogP contribution is -2.17. The van der Waals surface area contributed by atoms with Crippen molar-refractivity contribution in [2.45, 2.75) is 19.4 Å². The van der Waals surface area contributed by atoms with Gasteiger partial charge in [0.15, 0.2) is 0 Å². The maximum absolute atomic E-state index is 12.8. The second-order valence-electron chi connectivity index (χ2n) is 5.90. The number of hydrogen-bond acceptors (Lipinski definition) is 5. The molecule has 2 rings (SSSR count). The second-order valence-corrected chi connectivity index (χ2v) is 5.90. The lowest BCUT2D eigenvalue weighted by Gasteiger charge is -2.16. The molecule has 2 aromatic rings. The van der Waals surface area contributed by atoms with Crippen molar-refractivity contribution in [1.82, 2.24) is 5.32 Å². The van der Waals surface area contributed by atoms with Crippen molar-refractivity contribution in [3.05, 3.63) is 71.9 Å². The molecule has 0 bridgehead atoms. The summed E-state index contributed by atoms with van der Waals surface area (Å²) >= 11 is 0. The van der Waals surface area contributed by atoms with Crippen LogP contribution in [0.5, 0.6) is 17.2 Å². The van der Waals surface area contributed by atoms with E-state index < -0.39 is 12.1 Å². The first-order chi connectivity index (χ1) is 13.8. The Hall–Kier alpha value is -3.60. The predicted octanol–water partition coefficient (Wildman–Crippen LogP) is 4.90. The minimum atomic E-state index is -4.88. The second kappa shape index (κ2) is 9.55. The SMILES string of the molecule is C=CC/C(=C(/C#N)NC)c1cc(OCc2ccc(O)cc2)cc(OC(F)(F)F)c1. The van der Waals surface area contributed by atoms with Crippen LogP contribution in [0.2, 0.25) is 0 Å². The molecule has 0 aliphatic rings. The van der Waals surface area contributed by atoms with Gasteiger partial charge in [0.05, 0.1) is 0 Å². The fraction of sp³-hybridized carbons (Fsp3) is 0.190. The number of alkyl halides is 3. The van der Waals surface area contributed by atoms with Crippen LogP contribution in [0.3, 0.4) is 0 Å². The number of halogens is 3. The number of allylic oxidation sites excluding steroid dienone is 3. The summed E-state index contributed by atoms with van der Waals surface area (Å²) in [6, 6.07) is 12.0. The molecule has 0 atom stereocenters. The van der Waals surface area contributed by atoms with Gasteiger partial charge < -0.3 is 19.9 Å². The molecule has 0 saturated heterocycles. The van der Waals surface area contributed by atoms with Crippen molar-refractivity contribution in [2.75, 3.05) is 7.05 Å². The Labute approximate surface area is 166 Å². The van der Waals surface area contributed by atoms with Crippen LogP contribution in [-0.4, -0.2) is 18.5 Å². The number of benzene rings is 2. The number of rotatable bonds is 8. The van der Waals surface area contributed by atoms with Gasteiger partial charge in [0, 0.05) is 13.1 Å². The van der Waals surface area contributed by atoms with Crippen molar-refractivity contribution in [3.63, 3.8) is 0 Å². The topological polar surface area (TPSA) is 74.5 Å². The molecule has 2 N–H and O–H groups in total. The number of ether oxygens (including phenoxy) is 2. The van der Waals surface area contributed by atoms with Crippen molar-refractivity contribution in [1.29, 1.82) is 5.26 Å². The number of phenols is 1. The molecule has 0 radical (unpaired) electrons. The van der Waals surface area contributed by atoms with Gasteiger partial charge in [-0.25, -0.2) is 0 Å². The first-order valence-corrected chi connectivity index (χ1v) is 8.49. The number of phenolic OH excluding ortho intramolecular Hbond substituents is 1. The van der Waals surface area contributed by atoms with Crippen LogP contribution >= 0.6 is 0 Å². The van der Waals surface area contributed by atoms with E-state index in [1.54, 1.807) is 19.2 Å². The Kier molecular flexibility index (Phi) is 7.15. The smallest absolute Gasteiger partial charge is 0.508 e. The zero-order valence-electron chi connectivity index (χ0n) is 15.6. The average Bonchev–Trinajstić information content (AvgIpc) is 2.66. The summed E-state index contributed by atoms with van der Waals surface area (Å²) in [7, 11) is 1.54. The van der Waals surface area contributed by atoms with Gasteiger partial charge in [-0.05, 0) is 47.4 Å². The van der Waals surface area contributed by atoms with Crippen molar-refractivity contribution in [2.24, 2.45) is 0 Å². The van der Waals surface area contributed by atoms with Crippen LogP contribution in [0.1, 0.15) is 17.5 Å². The fourth-order valence-electron chi connectivity index (χ4n) is 2.56. The third-order valence-corrected chi connectivity index (χ3v) is 3.82. The van der Waals surface area contributed by atoms with E-state index in [-0.39, 0.29) is 30.2 Å². The number of nitrogens with one attached hydrogen (secondary N) is 1. The Morgan fingerprint density at radius 1 is 1.21 bits per heavy atom. The highest BCUT2D eigenvalue weighted by molar-refractivity contribution is 5.74. The monoisotopic (exact) mass is 404 g/mol. The zero-order chi connectivity index (χ0) is 21.4. The lowest BCUT2D eigenvalue weighted by atomic mass is 10.00. The molecule has 0 spiro atoms. The Morgan fingerprint density at radius 3 is 2.41 bits per heavy atom.